The maximum atomic E-state index is 14.0. The number of hydrogen-bond donors (Lipinski definition) is 3. The molecule has 39 heavy (non-hydrogen) atoms. The first kappa shape index (κ1) is 29.3. The zero-order valence-corrected chi connectivity index (χ0v) is 24.4. The third kappa shape index (κ3) is 5.27. The van der Waals surface area contributed by atoms with Gasteiger partial charge in [0.15, 0.2) is 0 Å². The molecule has 1 aromatic carbocycles. The van der Waals surface area contributed by atoms with Gasteiger partial charge in [0.1, 0.15) is 17.4 Å². The number of likely N-dealkylation sites (tertiary alicyclic amines) is 1. The van der Waals surface area contributed by atoms with Crippen molar-refractivity contribution in [2.45, 2.75) is 96.9 Å². The third-order valence-corrected chi connectivity index (χ3v) is 8.42. The lowest BCUT2D eigenvalue weighted by Gasteiger charge is -2.38. The van der Waals surface area contributed by atoms with Crippen LogP contribution in [0, 0.1) is 17.3 Å². The number of nitrogens with one attached hydrogen (secondary N) is 2. The van der Waals surface area contributed by atoms with E-state index in [0.717, 1.165) is 6.42 Å². The lowest BCUT2D eigenvalue weighted by molar-refractivity contribution is -0.147. The molecule has 4 rings (SSSR count). The van der Waals surface area contributed by atoms with E-state index in [1.54, 1.807) is 24.3 Å². The number of aliphatic hydroxyl groups is 1. The number of amides is 3. The molecule has 0 aliphatic carbocycles. The first-order chi connectivity index (χ1) is 18.2. The minimum Gasteiger partial charge on any atom is -0.494 e. The van der Waals surface area contributed by atoms with Crippen molar-refractivity contribution in [1.29, 1.82) is 0 Å². The van der Waals surface area contributed by atoms with E-state index in [-0.39, 0.29) is 36.3 Å². The third-order valence-electron chi connectivity index (χ3n) is 8.42. The molecule has 0 saturated carbocycles. The van der Waals surface area contributed by atoms with Crippen molar-refractivity contribution in [3.05, 3.63) is 24.3 Å². The van der Waals surface area contributed by atoms with Gasteiger partial charge in [0.2, 0.25) is 17.7 Å². The summed E-state index contributed by atoms with van der Waals surface area (Å²) < 4.78 is 12.3. The summed E-state index contributed by atoms with van der Waals surface area (Å²) in [6.07, 6.45) is 2.36. The second-order valence-electron chi connectivity index (χ2n) is 13.1. The summed E-state index contributed by atoms with van der Waals surface area (Å²) in [5.74, 6) is -1.75. The van der Waals surface area contributed by atoms with Crippen LogP contribution in [0.3, 0.4) is 0 Å². The van der Waals surface area contributed by atoms with Crippen molar-refractivity contribution in [3.63, 3.8) is 0 Å². The predicted octanol–water partition coefficient (Wildman–Crippen LogP) is 3.50. The second-order valence-corrected chi connectivity index (χ2v) is 13.1. The minimum absolute atomic E-state index is 0.00455. The first-order valence-electron chi connectivity index (χ1n) is 14.2. The van der Waals surface area contributed by atoms with E-state index >= 15 is 0 Å². The van der Waals surface area contributed by atoms with Gasteiger partial charge in [0.05, 0.1) is 30.7 Å². The fraction of sp³-hybridized carbons (Fsp3) is 0.700. The molecule has 9 nitrogen and oxygen atoms in total. The summed E-state index contributed by atoms with van der Waals surface area (Å²) in [6.45, 7) is 14.4. The summed E-state index contributed by atoms with van der Waals surface area (Å²) in [4.78, 5) is 43.2. The van der Waals surface area contributed by atoms with Crippen LogP contribution in [0.25, 0.3) is 0 Å². The second kappa shape index (κ2) is 10.4. The molecule has 2 bridgehead atoms. The Morgan fingerprint density at radius 3 is 2.33 bits per heavy atom. The molecule has 3 fully saturated rings. The van der Waals surface area contributed by atoms with E-state index in [9.17, 15) is 19.5 Å². The number of anilines is 1. The highest BCUT2D eigenvalue weighted by Crippen LogP contribution is 2.64. The molecule has 9 heteroatoms. The summed E-state index contributed by atoms with van der Waals surface area (Å²) >= 11 is 0. The van der Waals surface area contributed by atoms with Crippen molar-refractivity contribution < 1.29 is 29.0 Å². The highest BCUT2D eigenvalue weighted by Gasteiger charge is 2.78. The Kier molecular flexibility index (Phi) is 7.82. The smallest absolute Gasteiger partial charge is 0.246 e. The van der Waals surface area contributed by atoms with Gasteiger partial charge in [-0.1, -0.05) is 27.7 Å². The van der Waals surface area contributed by atoms with Crippen LogP contribution < -0.4 is 15.4 Å². The SMILES string of the molecule is CCOc1ccc(NC(=O)[C@@H]2[C@H]3C(=O)N(CCO)C(C(=O)NC(C)(C)CC(C)(C)C)C34CC[C@@]2(CC)O4)cc1. The van der Waals surface area contributed by atoms with Gasteiger partial charge < -0.3 is 30.1 Å². The molecule has 5 atom stereocenters. The Labute approximate surface area is 232 Å². The Morgan fingerprint density at radius 2 is 1.77 bits per heavy atom. The maximum absolute atomic E-state index is 14.0. The highest BCUT2D eigenvalue weighted by molar-refractivity contribution is 6.02. The molecule has 216 valence electrons. The average molecular weight is 544 g/mol. The molecule has 3 heterocycles. The fourth-order valence-corrected chi connectivity index (χ4v) is 7.56. The molecular weight excluding hydrogens is 498 g/mol. The summed E-state index contributed by atoms with van der Waals surface area (Å²) in [5.41, 5.74) is -1.90. The van der Waals surface area contributed by atoms with Crippen LogP contribution in [-0.4, -0.2) is 70.3 Å². The van der Waals surface area contributed by atoms with Gasteiger partial charge >= 0.3 is 0 Å². The van der Waals surface area contributed by atoms with Gasteiger partial charge in [0, 0.05) is 17.8 Å². The van der Waals surface area contributed by atoms with Gasteiger partial charge in [-0.3, -0.25) is 14.4 Å². The van der Waals surface area contributed by atoms with Crippen molar-refractivity contribution in [3.8, 4) is 5.75 Å². The van der Waals surface area contributed by atoms with Crippen molar-refractivity contribution in [1.82, 2.24) is 10.2 Å². The van der Waals surface area contributed by atoms with Gasteiger partial charge in [-0.05, 0) is 76.1 Å². The Bertz CT molecular complexity index is 1100. The molecule has 2 unspecified atom stereocenters. The van der Waals surface area contributed by atoms with Gasteiger partial charge in [0.25, 0.3) is 0 Å². The molecule has 3 amide bonds. The van der Waals surface area contributed by atoms with E-state index in [1.165, 1.54) is 4.90 Å². The molecule has 3 aliphatic rings. The minimum atomic E-state index is -1.12. The number of ether oxygens (including phenoxy) is 2. The number of carbonyl (C=O) groups is 3. The zero-order valence-electron chi connectivity index (χ0n) is 24.4. The first-order valence-corrected chi connectivity index (χ1v) is 14.2. The highest BCUT2D eigenvalue weighted by atomic mass is 16.5. The van der Waals surface area contributed by atoms with Crippen LogP contribution in [0.1, 0.15) is 74.1 Å². The topological polar surface area (TPSA) is 117 Å². The number of hydrogen-bond acceptors (Lipinski definition) is 6. The summed E-state index contributed by atoms with van der Waals surface area (Å²) in [5, 5.41) is 16.0. The maximum Gasteiger partial charge on any atom is 0.246 e. The van der Waals surface area contributed by atoms with Crippen molar-refractivity contribution >= 4 is 23.4 Å². The molecule has 0 radical (unpaired) electrons. The number of carbonyl (C=O) groups excluding carboxylic acids is 3. The van der Waals surface area contributed by atoms with Crippen LogP contribution in [0.2, 0.25) is 0 Å². The van der Waals surface area contributed by atoms with Gasteiger partial charge in [-0.2, -0.15) is 0 Å². The Morgan fingerprint density at radius 1 is 1.10 bits per heavy atom. The number of fused-ring (bicyclic) bond motifs is 1. The van der Waals surface area contributed by atoms with Gasteiger partial charge in [-0.15, -0.1) is 0 Å². The largest absolute Gasteiger partial charge is 0.494 e. The predicted molar refractivity (Wildman–Crippen MR) is 148 cm³/mol. The van der Waals surface area contributed by atoms with E-state index in [1.807, 2.05) is 27.7 Å². The molecule has 3 aliphatic heterocycles. The van der Waals surface area contributed by atoms with Crippen LogP contribution in [0.4, 0.5) is 5.69 Å². The van der Waals surface area contributed by atoms with Gasteiger partial charge in [-0.25, -0.2) is 0 Å². The molecule has 0 aromatic heterocycles. The van der Waals surface area contributed by atoms with Crippen LogP contribution in [0.15, 0.2) is 24.3 Å². The fourth-order valence-electron chi connectivity index (χ4n) is 7.56. The van der Waals surface area contributed by atoms with E-state index in [0.29, 0.717) is 37.3 Å². The van der Waals surface area contributed by atoms with Crippen LogP contribution in [-0.2, 0) is 19.1 Å². The monoisotopic (exact) mass is 543 g/mol. The normalized spacial score (nSPS) is 29.9. The van der Waals surface area contributed by atoms with E-state index < -0.39 is 34.6 Å². The Balaban J connectivity index is 1.66. The number of rotatable bonds is 10. The number of β-amino-alcohol motifs (C(OH)–C–C–N with tert-alkyl or cyclic N) is 1. The molecule has 3 N–H and O–H groups in total. The molecular formula is C30H45N3O6. The lowest BCUT2D eigenvalue weighted by atomic mass is 9.65. The zero-order chi connectivity index (χ0) is 28.8. The van der Waals surface area contributed by atoms with Crippen molar-refractivity contribution in [2.75, 3.05) is 25.1 Å². The van der Waals surface area contributed by atoms with Crippen LogP contribution >= 0.6 is 0 Å². The quantitative estimate of drug-likeness (QED) is 0.416. The number of benzene rings is 1. The molecule has 3 saturated heterocycles. The number of aliphatic hydroxyl groups excluding tert-OH is 1. The van der Waals surface area contributed by atoms with E-state index in [2.05, 4.69) is 31.4 Å². The molecule has 1 aromatic rings. The van der Waals surface area contributed by atoms with Crippen molar-refractivity contribution in [2.24, 2.45) is 17.3 Å². The molecule has 1 spiro atoms. The van der Waals surface area contributed by atoms with E-state index in [4.69, 9.17) is 9.47 Å². The standard InChI is InChI=1S/C30H45N3O6/c1-8-29-14-15-30(39-29)22(21(29)24(35)31-19-10-12-20(13-11-19)38-9-2)26(37)33(16-17-34)23(30)25(36)32-28(6,7)18-27(3,4)5/h10-13,21-23,34H,8-9,14-18H2,1-7H3,(H,31,35)(H,32,36)/t21-,22-,23?,29+,30?/m0/s1. The lowest BCUT2D eigenvalue weighted by Crippen LogP contribution is -2.59. The van der Waals surface area contributed by atoms with Crippen LogP contribution in [0.5, 0.6) is 5.75 Å². The summed E-state index contributed by atoms with van der Waals surface area (Å²) in [7, 11) is 0. The average Bonchev–Trinajstić information content (AvgIpc) is 3.43. The summed E-state index contributed by atoms with van der Waals surface area (Å²) in [6, 6.07) is 6.20. The number of nitrogens with zero attached hydrogens (tertiary/aromatic N) is 1. The Hall–Kier alpha value is -2.65.